The summed E-state index contributed by atoms with van der Waals surface area (Å²) in [5.41, 5.74) is -5.13. The summed E-state index contributed by atoms with van der Waals surface area (Å²) < 4.78 is 40.9. The second-order valence-electron chi connectivity index (χ2n) is 5.60. The molecule has 1 unspecified atom stereocenters. The van der Waals surface area contributed by atoms with Crippen LogP contribution in [0.15, 0.2) is 66.2 Å². The summed E-state index contributed by atoms with van der Waals surface area (Å²) in [6, 6.07) is 13.5. The first-order valence-electron chi connectivity index (χ1n) is 7.52. The summed E-state index contributed by atoms with van der Waals surface area (Å²) in [6.45, 7) is 0. The molecule has 0 saturated heterocycles. The van der Waals surface area contributed by atoms with Crippen LogP contribution in [0.5, 0.6) is 0 Å². The Hall–Kier alpha value is -3.13. The first kappa shape index (κ1) is 17.7. The lowest BCUT2D eigenvalue weighted by Crippen LogP contribution is -2.66. The van der Waals surface area contributed by atoms with E-state index in [-0.39, 0.29) is 11.1 Å². The number of Topliss-reactive ketones (excluding diaryl/α,β-unsaturated/α-hetero) is 1. The van der Waals surface area contributed by atoms with Gasteiger partial charge in [-0.25, -0.2) is 4.79 Å². The molecule has 0 saturated carbocycles. The number of hydrogen-bond acceptors (Lipinski definition) is 3. The van der Waals surface area contributed by atoms with E-state index in [0.29, 0.717) is 0 Å². The number of nitrogens with one attached hydrogen (secondary N) is 2. The summed E-state index contributed by atoms with van der Waals surface area (Å²) in [6.07, 6.45) is -5.31. The third kappa shape index (κ3) is 2.95. The number of aliphatic hydroxyl groups is 1. The summed E-state index contributed by atoms with van der Waals surface area (Å²) in [7, 11) is 0. The SMILES string of the molecule is O=C1NC(c2ccccc2)=C(C(=O)c2ccccc2)C(O)(C(F)(F)F)N1. The van der Waals surface area contributed by atoms with Crippen molar-refractivity contribution in [3.05, 3.63) is 77.4 Å². The fourth-order valence-electron chi connectivity index (χ4n) is 2.66. The highest BCUT2D eigenvalue weighted by Gasteiger charge is 2.62. The number of carbonyl (C=O) groups is 2. The molecule has 0 spiro atoms. The Kier molecular flexibility index (Phi) is 4.29. The molecule has 1 atom stereocenters. The van der Waals surface area contributed by atoms with Crippen molar-refractivity contribution >= 4 is 17.5 Å². The zero-order valence-electron chi connectivity index (χ0n) is 13.2. The van der Waals surface area contributed by atoms with Crippen LogP contribution in [-0.4, -0.2) is 28.8 Å². The molecule has 2 amide bonds. The zero-order valence-corrected chi connectivity index (χ0v) is 13.2. The third-order valence-electron chi connectivity index (χ3n) is 3.88. The van der Waals surface area contributed by atoms with Crippen molar-refractivity contribution in [3.63, 3.8) is 0 Å². The predicted octanol–water partition coefficient (Wildman–Crippen LogP) is 2.84. The van der Waals surface area contributed by atoms with Crippen LogP contribution in [0.25, 0.3) is 5.70 Å². The molecule has 0 bridgehead atoms. The second kappa shape index (κ2) is 6.30. The minimum absolute atomic E-state index is 0.0587. The Labute approximate surface area is 146 Å². The summed E-state index contributed by atoms with van der Waals surface area (Å²) in [5, 5.41) is 14.0. The van der Waals surface area contributed by atoms with Crippen molar-refractivity contribution in [2.75, 3.05) is 0 Å². The molecule has 134 valence electrons. The highest BCUT2D eigenvalue weighted by atomic mass is 19.4. The largest absolute Gasteiger partial charge is 0.441 e. The van der Waals surface area contributed by atoms with E-state index in [1.165, 1.54) is 53.8 Å². The Bertz CT molecular complexity index is 880. The van der Waals surface area contributed by atoms with Gasteiger partial charge in [-0.05, 0) is 5.56 Å². The number of rotatable bonds is 3. The predicted molar refractivity (Wildman–Crippen MR) is 86.8 cm³/mol. The van der Waals surface area contributed by atoms with Crippen molar-refractivity contribution in [2.24, 2.45) is 0 Å². The van der Waals surface area contributed by atoms with Crippen molar-refractivity contribution in [3.8, 4) is 0 Å². The first-order valence-corrected chi connectivity index (χ1v) is 7.52. The molecule has 2 aromatic carbocycles. The Morgan fingerprint density at radius 1 is 0.962 bits per heavy atom. The highest BCUT2D eigenvalue weighted by Crippen LogP contribution is 2.40. The van der Waals surface area contributed by atoms with Crippen LogP contribution in [0.3, 0.4) is 0 Å². The van der Waals surface area contributed by atoms with E-state index in [0.717, 1.165) is 0 Å². The van der Waals surface area contributed by atoms with Crippen LogP contribution < -0.4 is 10.6 Å². The molecule has 1 aliphatic heterocycles. The molecule has 3 N–H and O–H groups in total. The number of halogens is 3. The van der Waals surface area contributed by atoms with Crippen LogP contribution in [0, 0.1) is 0 Å². The molecule has 2 aromatic rings. The standard InChI is InChI=1S/C18H13F3N2O3/c19-18(20,21)17(26)13(15(24)12-9-5-2-6-10-12)14(22-16(25)23-17)11-7-3-1-4-8-11/h1-10,26H,(H2,22,23,25). The molecule has 0 fully saturated rings. The van der Waals surface area contributed by atoms with Gasteiger partial charge in [0, 0.05) is 5.56 Å². The number of benzene rings is 2. The Morgan fingerprint density at radius 2 is 1.50 bits per heavy atom. The van der Waals surface area contributed by atoms with Crippen LogP contribution in [-0.2, 0) is 0 Å². The van der Waals surface area contributed by atoms with Crippen LogP contribution in [0.4, 0.5) is 18.0 Å². The molecule has 3 rings (SSSR count). The van der Waals surface area contributed by atoms with Gasteiger partial charge in [-0.2, -0.15) is 13.2 Å². The summed E-state index contributed by atoms with van der Waals surface area (Å²) in [4.78, 5) is 24.6. The molecule has 0 aromatic heterocycles. The fraction of sp³-hybridized carbons (Fsp3) is 0.111. The van der Waals surface area contributed by atoms with E-state index in [2.05, 4.69) is 5.32 Å². The average molecular weight is 362 g/mol. The quantitative estimate of drug-likeness (QED) is 0.735. The van der Waals surface area contributed by atoms with Gasteiger partial charge < -0.3 is 10.4 Å². The highest BCUT2D eigenvalue weighted by molar-refractivity contribution is 6.16. The Balaban J connectivity index is 2.30. The number of hydrogen-bond donors (Lipinski definition) is 3. The molecular formula is C18H13F3N2O3. The fourth-order valence-corrected chi connectivity index (χ4v) is 2.66. The van der Waals surface area contributed by atoms with E-state index in [9.17, 15) is 27.9 Å². The minimum atomic E-state index is -5.31. The maximum Gasteiger partial charge on any atom is 0.441 e. The lowest BCUT2D eigenvalue weighted by atomic mass is 9.88. The van der Waals surface area contributed by atoms with Gasteiger partial charge in [0.05, 0.1) is 11.3 Å². The lowest BCUT2D eigenvalue weighted by Gasteiger charge is -2.37. The van der Waals surface area contributed by atoms with Crippen molar-refractivity contribution in [1.82, 2.24) is 10.6 Å². The van der Waals surface area contributed by atoms with Gasteiger partial charge in [0.2, 0.25) is 0 Å². The van der Waals surface area contributed by atoms with Gasteiger partial charge in [-0.15, -0.1) is 0 Å². The molecule has 1 heterocycles. The van der Waals surface area contributed by atoms with Crippen molar-refractivity contribution < 1.29 is 27.9 Å². The zero-order chi connectivity index (χ0) is 18.9. The van der Waals surface area contributed by atoms with Gasteiger partial charge in [-0.3, -0.25) is 10.1 Å². The van der Waals surface area contributed by atoms with E-state index < -0.39 is 35.0 Å². The van der Waals surface area contributed by atoms with E-state index in [1.54, 1.807) is 12.1 Å². The molecule has 0 aliphatic carbocycles. The maximum atomic E-state index is 13.6. The van der Waals surface area contributed by atoms with Crippen molar-refractivity contribution in [1.29, 1.82) is 0 Å². The average Bonchev–Trinajstić information content (AvgIpc) is 2.61. The van der Waals surface area contributed by atoms with E-state index in [4.69, 9.17) is 0 Å². The summed E-state index contributed by atoms with van der Waals surface area (Å²) >= 11 is 0. The van der Waals surface area contributed by atoms with Gasteiger partial charge in [0.1, 0.15) is 0 Å². The summed E-state index contributed by atoms with van der Waals surface area (Å²) in [5.74, 6) is -1.06. The number of urea groups is 1. The number of ketones is 1. The van der Waals surface area contributed by atoms with Crippen LogP contribution >= 0.6 is 0 Å². The van der Waals surface area contributed by atoms with Crippen molar-refractivity contribution in [2.45, 2.75) is 11.9 Å². The van der Waals surface area contributed by atoms with Gasteiger partial charge >= 0.3 is 12.2 Å². The molecule has 1 aliphatic rings. The van der Waals surface area contributed by atoms with Gasteiger partial charge in [0.15, 0.2) is 5.78 Å². The monoisotopic (exact) mass is 362 g/mol. The van der Waals surface area contributed by atoms with Gasteiger partial charge in [-0.1, -0.05) is 60.7 Å². The smallest absolute Gasteiger partial charge is 0.360 e. The number of amides is 2. The van der Waals surface area contributed by atoms with E-state index in [1.807, 2.05) is 0 Å². The number of alkyl halides is 3. The minimum Gasteiger partial charge on any atom is -0.360 e. The maximum absolute atomic E-state index is 13.6. The molecule has 26 heavy (non-hydrogen) atoms. The van der Waals surface area contributed by atoms with Crippen LogP contribution in [0.2, 0.25) is 0 Å². The lowest BCUT2D eigenvalue weighted by molar-refractivity contribution is -0.250. The van der Waals surface area contributed by atoms with Crippen LogP contribution in [0.1, 0.15) is 15.9 Å². The normalized spacial score (nSPS) is 20.4. The second-order valence-corrected chi connectivity index (χ2v) is 5.60. The molecular weight excluding hydrogens is 349 g/mol. The first-order chi connectivity index (χ1) is 12.2. The molecule has 8 heteroatoms. The molecule has 0 radical (unpaired) electrons. The van der Waals surface area contributed by atoms with Gasteiger partial charge in [0.25, 0.3) is 5.72 Å². The topological polar surface area (TPSA) is 78.4 Å². The Morgan fingerprint density at radius 3 is 2.04 bits per heavy atom. The van der Waals surface area contributed by atoms with E-state index >= 15 is 0 Å². The number of carbonyl (C=O) groups excluding carboxylic acids is 2. The molecule has 5 nitrogen and oxygen atoms in total. The third-order valence-corrected chi connectivity index (χ3v) is 3.88.